The predicted octanol–water partition coefficient (Wildman–Crippen LogP) is 3.81. The molecule has 2 N–H and O–H groups in total. The van der Waals surface area contributed by atoms with Gasteiger partial charge in [0.15, 0.2) is 0 Å². The van der Waals surface area contributed by atoms with E-state index < -0.39 is 16.1 Å². The van der Waals surface area contributed by atoms with Crippen LogP contribution in [-0.2, 0) is 14.8 Å². The zero-order valence-electron chi connectivity index (χ0n) is 19.8. The van der Waals surface area contributed by atoms with Crippen LogP contribution in [0.15, 0.2) is 46.7 Å². The van der Waals surface area contributed by atoms with Gasteiger partial charge in [0.05, 0.1) is 15.3 Å². The van der Waals surface area contributed by atoms with Gasteiger partial charge in [-0.15, -0.1) is 22.7 Å². The molecule has 8 nitrogen and oxygen atoms in total. The highest BCUT2D eigenvalue weighted by Gasteiger charge is 2.25. The number of carbonyl (C=O) groups is 2. The molecule has 2 amide bonds. The summed E-state index contributed by atoms with van der Waals surface area (Å²) in [5, 5.41) is 16.8. The summed E-state index contributed by atoms with van der Waals surface area (Å²) in [5.41, 5.74) is 0.0884. The molecule has 0 aliphatic rings. The number of hydrogen-bond acceptors (Lipinski definition) is 7. The van der Waals surface area contributed by atoms with E-state index in [0.717, 1.165) is 9.40 Å². The number of thiophene rings is 2. The Labute approximate surface area is 213 Å². The average Bonchev–Trinajstić information content (AvgIpc) is 3.43. The summed E-state index contributed by atoms with van der Waals surface area (Å²) in [7, 11) is -2.38. The standard InChI is InChI=1S/C24H28N4O4S3/c1-16(2)13-18(27-24(30)21-14-20-19(34-21)9-12-33-20)23(29)26-10-6-11-28(3)35(31,32)22-8-5-4-7-17(22)15-25/h4-5,7-9,12,14,16,18H,6,10-11,13H2,1-3H3,(H,26,29)(H,27,30)/t18-/m0/s1. The molecule has 0 radical (unpaired) electrons. The van der Waals surface area contributed by atoms with Gasteiger partial charge < -0.3 is 10.6 Å². The number of fused-ring (bicyclic) bond motifs is 1. The number of amides is 2. The number of benzene rings is 1. The Bertz CT molecular complexity index is 1310. The summed E-state index contributed by atoms with van der Waals surface area (Å²) >= 11 is 2.96. The number of hydrogen-bond donors (Lipinski definition) is 2. The molecule has 2 aromatic heterocycles. The second-order valence-electron chi connectivity index (χ2n) is 8.49. The molecule has 1 atom stereocenters. The number of nitrogens with one attached hydrogen (secondary N) is 2. The van der Waals surface area contributed by atoms with Crippen LogP contribution in [0.25, 0.3) is 9.40 Å². The molecule has 3 rings (SSSR count). The van der Waals surface area contributed by atoms with Gasteiger partial charge in [0.2, 0.25) is 15.9 Å². The quantitative estimate of drug-likeness (QED) is 0.364. The highest BCUT2D eigenvalue weighted by molar-refractivity contribution is 7.89. The van der Waals surface area contributed by atoms with E-state index in [9.17, 15) is 23.3 Å². The number of nitrogens with zero attached hydrogens (tertiary/aromatic N) is 2. The third-order valence-corrected chi connectivity index (χ3v) is 9.34. The minimum atomic E-state index is -3.82. The highest BCUT2D eigenvalue weighted by Crippen LogP contribution is 2.30. The first-order chi connectivity index (χ1) is 16.6. The molecule has 0 bridgehead atoms. The minimum Gasteiger partial charge on any atom is -0.354 e. The van der Waals surface area contributed by atoms with Crippen molar-refractivity contribution in [2.24, 2.45) is 5.92 Å². The van der Waals surface area contributed by atoms with Crippen molar-refractivity contribution in [2.75, 3.05) is 20.1 Å². The monoisotopic (exact) mass is 532 g/mol. The number of nitriles is 1. The molecular formula is C24H28N4O4S3. The molecule has 0 saturated carbocycles. The second kappa shape index (κ2) is 11.8. The molecule has 0 spiro atoms. The van der Waals surface area contributed by atoms with Crippen molar-refractivity contribution in [1.82, 2.24) is 14.9 Å². The second-order valence-corrected chi connectivity index (χ2v) is 12.5. The predicted molar refractivity (Wildman–Crippen MR) is 139 cm³/mol. The lowest BCUT2D eigenvalue weighted by Gasteiger charge is -2.21. The van der Waals surface area contributed by atoms with Crippen LogP contribution in [0.3, 0.4) is 0 Å². The topological polar surface area (TPSA) is 119 Å². The molecule has 0 fully saturated rings. The normalized spacial score (nSPS) is 12.6. The number of rotatable bonds is 11. The first-order valence-corrected chi connectivity index (χ1v) is 14.3. The Hall–Kier alpha value is -2.78. The SMILES string of the molecule is CC(C)C[C@H](NC(=O)c1cc2sccc2s1)C(=O)NCCCN(C)S(=O)(=O)c1ccccc1C#N. The molecule has 2 heterocycles. The fourth-order valence-electron chi connectivity index (χ4n) is 3.52. The fraction of sp³-hybridized carbons (Fsp3) is 0.375. The summed E-state index contributed by atoms with van der Waals surface area (Å²) < 4.78 is 28.9. The lowest BCUT2D eigenvalue weighted by Crippen LogP contribution is -2.47. The van der Waals surface area contributed by atoms with Gasteiger partial charge in [0, 0.05) is 29.5 Å². The first kappa shape index (κ1) is 26.8. The zero-order valence-corrected chi connectivity index (χ0v) is 22.2. The Morgan fingerprint density at radius 2 is 1.91 bits per heavy atom. The van der Waals surface area contributed by atoms with Crippen molar-refractivity contribution in [3.8, 4) is 6.07 Å². The van der Waals surface area contributed by atoms with Crippen LogP contribution in [0, 0.1) is 17.2 Å². The van der Waals surface area contributed by atoms with Crippen LogP contribution in [0.4, 0.5) is 0 Å². The molecule has 11 heteroatoms. The lowest BCUT2D eigenvalue weighted by atomic mass is 10.0. The van der Waals surface area contributed by atoms with E-state index in [4.69, 9.17) is 0 Å². The maximum Gasteiger partial charge on any atom is 0.262 e. The third kappa shape index (κ3) is 6.67. The maximum atomic E-state index is 12.8. The van der Waals surface area contributed by atoms with Crippen LogP contribution in [0.5, 0.6) is 0 Å². The Kier molecular flexibility index (Phi) is 9.02. The zero-order chi connectivity index (χ0) is 25.6. The van der Waals surface area contributed by atoms with E-state index in [1.165, 1.54) is 34.8 Å². The fourth-order valence-corrected chi connectivity index (χ4v) is 6.88. The van der Waals surface area contributed by atoms with Crippen LogP contribution in [-0.4, -0.2) is 50.7 Å². The summed E-state index contributed by atoms with van der Waals surface area (Å²) in [6.45, 7) is 4.37. The first-order valence-electron chi connectivity index (χ1n) is 11.1. The van der Waals surface area contributed by atoms with E-state index in [1.54, 1.807) is 23.5 Å². The average molecular weight is 533 g/mol. The third-order valence-electron chi connectivity index (χ3n) is 5.34. The molecule has 3 aromatic rings. The largest absolute Gasteiger partial charge is 0.354 e. The molecule has 0 aliphatic heterocycles. The van der Waals surface area contributed by atoms with Crippen molar-refractivity contribution in [3.05, 3.63) is 52.2 Å². The summed E-state index contributed by atoms with van der Waals surface area (Å²) in [4.78, 5) is 26.1. The summed E-state index contributed by atoms with van der Waals surface area (Å²) in [6.07, 6.45) is 0.857. The van der Waals surface area contributed by atoms with Gasteiger partial charge in [-0.3, -0.25) is 9.59 Å². The summed E-state index contributed by atoms with van der Waals surface area (Å²) in [6, 6.07) is 11.1. The van der Waals surface area contributed by atoms with E-state index in [-0.39, 0.29) is 41.3 Å². The Morgan fingerprint density at radius 1 is 1.17 bits per heavy atom. The van der Waals surface area contributed by atoms with Crippen LogP contribution in [0.1, 0.15) is 41.9 Å². The van der Waals surface area contributed by atoms with E-state index in [2.05, 4.69) is 10.6 Å². The highest BCUT2D eigenvalue weighted by atomic mass is 32.2. The van der Waals surface area contributed by atoms with Gasteiger partial charge >= 0.3 is 0 Å². The lowest BCUT2D eigenvalue weighted by molar-refractivity contribution is -0.123. The van der Waals surface area contributed by atoms with Crippen LogP contribution in [0.2, 0.25) is 0 Å². The van der Waals surface area contributed by atoms with Gasteiger partial charge in [-0.2, -0.15) is 5.26 Å². The number of sulfonamides is 1. The van der Waals surface area contributed by atoms with E-state index in [1.807, 2.05) is 37.4 Å². The van der Waals surface area contributed by atoms with Crippen LogP contribution < -0.4 is 10.6 Å². The number of carbonyl (C=O) groups excluding carboxylic acids is 2. The van der Waals surface area contributed by atoms with Crippen LogP contribution >= 0.6 is 22.7 Å². The van der Waals surface area contributed by atoms with E-state index in [0.29, 0.717) is 17.7 Å². The molecular weight excluding hydrogens is 504 g/mol. The minimum absolute atomic E-state index is 0.0396. The molecule has 0 saturated heterocycles. The molecule has 35 heavy (non-hydrogen) atoms. The van der Waals surface area contributed by atoms with Crippen molar-refractivity contribution in [3.63, 3.8) is 0 Å². The van der Waals surface area contributed by atoms with Crippen molar-refractivity contribution in [1.29, 1.82) is 5.26 Å². The maximum absolute atomic E-state index is 12.8. The van der Waals surface area contributed by atoms with Gasteiger partial charge in [-0.1, -0.05) is 26.0 Å². The van der Waals surface area contributed by atoms with Crippen molar-refractivity contribution in [2.45, 2.75) is 37.6 Å². The molecule has 1 aromatic carbocycles. The molecule has 186 valence electrons. The molecule has 0 unspecified atom stereocenters. The van der Waals surface area contributed by atoms with Crippen molar-refractivity contribution < 1.29 is 18.0 Å². The van der Waals surface area contributed by atoms with E-state index >= 15 is 0 Å². The smallest absolute Gasteiger partial charge is 0.262 e. The van der Waals surface area contributed by atoms with Gasteiger partial charge in [0.25, 0.3) is 5.91 Å². The molecule has 0 aliphatic carbocycles. The Morgan fingerprint density at radius 3 is 2.60 bits per heavy atom. The Balaban J connectivity index is 1.55. The van der Waals surface area contributed by atoms with Gasteiger partial charge in [0.1, 0.15) is 12.1 Å². The van der Waals surface area contributed by atoms with Gasteiger partial charge in [-0.05, 0) is 48.4 Å². The summed E-state index contributed by atoms with van der Waals surface area (Å²) in [5.74, 6) is -0.388. The van der Waals surface area contributed by atoms with Gasteiger partial charge in [-0.25, -0.2) is 12.7 Å². The van der Waals surface area contributed by atoms with Crippen molar-refractivity contribution >= 4 is 53.9 Å².